The maximum atomic E-state index is 13.3. The van der Waals surface area contributed by atoms with E-state index in [-0.39, 0.29) is 0 Å². The van der Waals surface area contributed by atoms with Gasteiger partial charge in [-0.15, -0.1) is 0 Å². The second-order valence-electron chi connectivity index (χ2n) is 12.3. The Balaban J connectivity index is 1.27. The van der Waals surface area contributed by atoms with Crippen LogP contribution >= 0.6 is 0 Å². The number of alkyl halides is 3. The van der Waals surface area contributed by atoms with Crippen LogP contribution < -0.4 is 10.6 Å². The van der Waals surface area contributed by atoms with Crippen LogP contribution in [0.2, 0.25) is 0 Å². The van der Waals surface area contributed by atoms with Gasteiger partial charge in [-0.05, 0) is 78.1 Å². The lowest BCUT2D eigenvalue weighted by Crippen LogP contribution is -2.39. The van der Waals surface area contributed by atoms with Crippen LogP contribution in [-0.2, 0) is 5.41 Å². The van der Waals surface area contributed by atoms with Crippen molar-refractivity contribution in [2.45, 2.75) is 51.1 Å². The molecule has 5 heteroatoms. The van der Waals surface area contributed by atoms with E-state index >= 15 is 0 Å². The van der Waals surface area contributed by atoms with Crippen LogP contribution in [0.3, 0.4) is 0 Å². The third kappa shape index (κ3) is 7.41. The lowest BCUT2D eigenvalue weighted by Gasteiger charge is -2.35. The molecule has 0 atom stereocenters. The number of benzene rings is 4. The summed E-state index contributed by atoms with van der Waals surface area (Å²) in [7, 11) is 0. The van der Waals surface area contributed by atoms with Gasteiger partial charge in [-0.1, -0.05) is 141 Å². The highest BCUT2D eigenvalue weighted by atomic mass is 19.4. The molecule has 0 amide bonds. The largest absolute Gasteiger partial charge is 0.405 e. The molecule has 48 heavy (non-hydrogen) atoms. The van der Waals surface area contributed by atoms with Crippen molar-refractivity contribution < 1.29 is 13.2 Å². The molecule has 2 N–H and O–H groups in total. The molecular formula is C43H43F3N2. The number of nitrogens with one attached hydrogen (secondary N) is 2. The summed E-state index contributed by atoms with van der Waals surface area (Å²) in [6.07, 6.45) is 2.77. The molecule has 0 saturated heterocycles. The summed E-state index contributed by atoms with van der Waals surface area (Å²) in [5.41, 5.74) is 10.8. The van der Waals surface area contributed by atoms with Crippen LogP contribution in [0.4, 0.5) is 13.2 Å². The van der Waals surface area contributed by atoms with Crippen LogP contribution in [0, 0.1) is 0 Å². The Hall–Kier alpha value is -5.03. The van der Waals surface area contributed by atoms with Gasteiger partial charge in [0.15, 0.2) is 0 Å². The molecule has 0 bridgehead atoms. The van der Waals surface area contributed by atoms with Gasteiger partial charge in [0, 0.05) is 22.7 Å². The maximum Gasteiger partial charge on any atom is 0.405 e. The third-order valence-electron chi connectivity index (χ3n) is 9.23. The summed E-state index contributed by atoms with van der Waals surface area (Å²) >= 11 is 0. The zero-order valence-electron chi connectivity index (χ0n) is 27.8. The van der Waals surface area contributed by atoms with Crippen LogP contribution in [-0.4, -0.2) is 12.7 Å². The van der Waals surface area contributed by atoms with Crippen molar-refractivity contribution in [2.75, 3.05) is 6.54 Å². The fourth-order valence-corrected chi connectivity index (χ4v) is 6.74. The average Bonchev–Trinajstić information content (AvgIpc) is 3.39. The fraction of sp³-hybridized carbons (Fsp3) is 0.209. The van der Waals surface area contributed by atoms with Gasteiger partial charge < -0.3 is 10.6 Å². The van der Waals surface area contributed by atoms with E-state index in [1.807, 2.05) is 91.9 Å². The van der Waals surface area contributed by atoms with E-state index in [4.69, 9.17) is 0 Å². The zero-order chi connectivity index (χ0) is 34.3. The first kappa shape index (κ1) is 34.3. The van der Waals surface area contributed by atoms with Gasteiger partial charge in [0.05, 0.1) is 5.41 Å². The first-order valence-corrected chi connectivity index (χ1v) is 16.4. The molecule has 1 aliphatic carbocycles. The summed E-state index contributed by atoms with van der Waals surface area (Å²) in [5, 5.41) is 6.15. The van der Waals surface area contributed by atoms with Gasteiger partial charge >= 0.3 is 6.18 Å². The Labute approximate surface area is 283 Å². The molecule has 4 aromatic carbocycles. The number of unbranched alkanes of at least 4 members (excludes halogenated alkanes) is 1. The second-order valence-corrected chi connectivity index (χ2v) is 12.3. The molecule has 0 radical (unpaired) electrons. The highest BCUT2D eigenvalue weighted by Crippen LogP contribution is 2.54. The lowest BCUT2D eigenvalue weighted by molar-refractivity contribution is -0.123. The van der Waals surface area contributed by atoms with E-state index in [2.05, 4.69) is 67.6 Å². The van der Waals surface area contributed by atoms with Gasteiger partial charge in [0.1, 0.15) is 6.54 Å². The predicted molar refractivity (Wildman–Crippen MR) is 195 cm³/mol. The van der Waals surface area contributed by atoms with Crippen LogP contribution in [0.1, 0.15) is 56.2 Å². The van der Waals surface area contributed by atoms with Gasteiger partial charge in [-0.2, -0.15) is 13.2 Å². The number of allylic oxidation sites excluding steroid dienone is 5. The number of hydrogen-bond donors (Lipinski definition) is 2. The molecule has 4 aromatic rings. The number of fused-ring (bicyclic) bond motifs is 3. The number of rotatable bonds is 14. The van der Waals surface area contributed by atoms with Crippen molar-refractivity contribution in [3.05, 3.63) is 174 Å². The topological polar surface area (TPSA) is 24.1 Å². The normalized spacial score (nSPS) is 13.8. The Morgan fingerprint density at radius 3 is 1.92 bits per heavy atom. The number of hydrogen-bond acceptors (Lipinski definition) is 2. The molecule has 0 spiro atoms. The molecule has 0 saturated carbocycles. The van der Waals surface area contributed by atoms with Gasteiger partial charge in [0.25, 0.3) is 0 Å². The molecule has 0 aromatic heterocycles. The summed E-state index contributed by atoms with van der Waals surface area (Å²) in [6, 6.07) is 34.5. The summed E-state index contributed by atoms with van der Waals surface area (Å²) in [6.45, 7) is 15.9. The minimum Gasteiger partial charge on any atom is -0.379 e. The molecule has 0 fully saturated rings. The number of halogens is 3. The van der Waals surface area contributed by atoms with E-state index in [0.717, 1.165) is 80.7 Å². The van der Waals surface area contributed by atoms with Crippen molar-refractivity contribution in [3.63, 3.8) is 0 Å². The smallest absolute Gasteiger partial charge is 0.379 e. The van der Waals surface area contributed by atoms with Crippen LogP contribution in [0.25, 0.3) is 28.0 Å². The van der Waals surface area contributed by atoms with Crippen molar-refractivity contribution in [1.29, 1.82) is 0 Å². The molecule has 0 aliphatic heterocycles. The van der Waals surface area contributed by atoms with Gasteiger partial charge in [-0.25, -0.2) is 0 Å². The minimum absolute atomic E-state index is 0.380. The fourth-order valence-electron chi connectivity index (χ4n) is 6.74. The van der Waals surface area contributed by atoms with Gasteiger partial charge in [0.2, 0.25) is 0 Å². The van der Waals surface area contributed by atoms with Crippen molar-refractivity contribution in [3.8, 4) is 22.3 Å². The van der Waals surface area contributed by atoms with E-state index in [1.54, 1.807) is 0 Å². The summed E-state index contributed by atoms with van der Waals surface area (Å²) < 4.78 is 40.0. The quantitative estimate of drug-likeness (QED) is 0.105. The maximum absolute atomic E-state index is 13.3. The first-order chi connectivity index (χ1) is 23.0. The third-order valence-corrected chi connectivity index (χ3v) is 9.23. The molecule has 2 nitrogen and oxygen atoms in total. The zero-order valence-corrected chi connectivity index (χ0v) is 27.8. The van der Waals surface area contributed by atoms with Crippen LogP contribution in [0.15, 0.2) is 158 Å². The van der Waals surface area contributed by atoms with E-state index in [9.17, 15) is 13.2 Å². The second kappa shape index (κ2) is 14.8. The Morgan fingerprint density at radius 2 is 1.31 bits per heavy atom. The average molecular weight is 645 g/mol. The Bertz CT molecular complexity index is 1810. The molecule has 0 unspecified atom stereocenters. The Kier molecular flexibility index (Phi) is 10.6. The van der Waals surface area contributed by atoms with E-state index < -0.39 is 18.1 Å². The van der Waals surface area contributed by atoms with Crippen molar-refractivity contribution >= 4 is 5.70 Å². The van der Waals surface area contributed by atoms with Crippen LogP contribution in [0.5, 0.6) is 0 Å². The summed E-state index contributed by atoms with van der Waals surface area (Å²) in [5.74, 6) is 0. The molecule has 0 heterocycles. The van der Waals surface area contributed by atoms with Crippen molar-refractivity contribution in [1.82, 2.24) is 10.6 Å². The lowest BCUT2D eigenvalue weighted by atomic mass is 9.71. The predicted octanol–water partition coefficient (Wildman–Crippen LogP) is 11.5. The minimum atomic E-state index is -4.35. The van der Waals surface area contributed by atoms with E-state index in [1.165, 1.54) is 0 Å². The highest BCUT2D eigenvalue weighted by Gasteiger charge is 2.45. The first-order valence-electron chi connectivity index (χ1n) is 16.4. The molecule has 5 rings (SSSR count). The molecule has 1 aliphatic rings. The summed E-state index contributed by atoms with van der Waals surface area (Å²) in [4.78, 5) is 0. The Morgan fingerprint density at radius 1 is 0.750 bits per heavy atom. The van der Waals surface area contributed by atoms with Gasteiger partial charge in [-0.3, -0.25) is 0 Å². The van der Waals surface area contributed by atoms with E-state index in [0.29, 0.717) is 12.1 Å². The standard InChI is InChI=1S/C43H43F3N2/c1-6-35(48-32(4)36-21-10-11-22-37(36)34-19-8-7-9-20-34)28-31(3)30(2)18-16-17-27-42(33(5)47-29-43(44,45)46)40-25-14-12-23-38(40)39-24-13-15-26-41(39)42/h6-15,19-26,28,47-48H,2,4-5,16-18,27,29H2,1,3H3/b31-28-,35-6+. The van der Waals surface area contributed by atoms with Crippen molar-refractivity contribution in [2.24, 2.45) is 0 Å². The molecular weight excluding hydrogens is 601 g/mol. The highest BCUT2D eigenvalue weighted by molar-refractivity contribution is 5.83. The SMILES string of the molecule is C=C(CCCCC1(C(=C)NCC(F)(F)F)c2ccccc2-c2ccccc21)/C(C)=C\C(=C/C)NC(=C)c1ccccc1-c1ccccc1. The molecule has 246 valence electrons. The monoisotopic (exact) mass is 644 g/mol.